The first-order chi connectivity index (χ1) is 8.60. The van der Waals surface area contributed by atoms with Crippen molar-refractivity contribution >= 4 is 5.82 Å². The maximum Gasteiger partial charge on any atom is 0.162 e. The van der Waals surface area contributed by atoms with E-state index in [4.69, 9.17) is 5.73 Å². The van der Waals surface area contributed by atoms with Gasteiger partial charge in [-0.2, -0.15) is 0 Å². The zero-order valence-electron chi connectivity index (χ0n) is 10.6. The van der Waals surface area contributed by atoms with Crippen LogP contribution in [0.1, 0.15) is 24.6 Å². The zero-order chi connectivity index (χ0) is 13.1. The standard InChI is InChI=1S/C14H16FN3/c1-3-4-11-8-13(16)18-14(17-11)12-7-10(15)6-5-9(12)2/h5-8H,3-4H2,1-2H3,(H2,16,17,18). The molecule has 0 fully saturated rings. The van der Waals surface area contributed by atoms with E-state index in [9.17, 15) is 4.39 Å². The lowest BCUT2D eigenvalue weighted by Gasteiger charge is -2.07. The molecule has 2 aromatic rings. The van der Waals surface area contributed by atoms with Crippen LogP contribution in [0, 0.1) is 12.7 Å². The van der Waals surface area contributed by atoms with E-state index in [0.29, 0.717) is 17.2 Å². The highest BCUT2D eigenvalue weighted by Crippen LogP contribution is 2.22. The second-order valence-corrected chi connectivity index (χ2v) is 4.32. The van der Waals surface area contributed by atoms with Crippen molar-refractivity contribution in [2.24, 2.45) is 0 Å². The molecule has 18 heavy (non-hydrogen) atoms. The van der Waals surface area contributed by atoms with Crippen LogP contribution in [0.5, 0.6) is 0 Å². The first-order valence-corrected chi connectivity index (χ1v) is 6.00. The molecule has 4 heteroatoms. The Hall–Kier alpha value is -1.97. The van der Waals surface area contributed by atoms with Crippen LogP contribution in [0.4, 0.5) is 10.2 Å². The van der Waals surface area contributed by atoms with E-state index in [1.165, 1.54) is 12.1 Å². The van der Waals surface area contributed by atoms with Crippen LogP contribution in [-0.4, -0.2) is 9.97 Å². The summed E-state index contributed by atoms with van der Waals surface area (Å²) in [6.45, 7) is 3.98. The Morgan fingerprint density at radius 2 is 2.00 bits per heavy atom. The molecule has 0 aliphatic rings. The van der Waals surface area contributed by atoms with Gasteiger partial charge < -0.3 is 5.73 Å². The van der Waals surface area contributed by atoms with Gasteiger partial charge in [-0.3, -0.25) is 0 Å². The average molecular weight is 245 g/mol. The van der Waals surface area contributed by atoms with E-state index in [1.54, 1.807) is 12.1 Å². The SMILES string of the molecule is CCCc1cc(N)nc(-c2cc(F)ccc2C)n1. The van der Waals surface area contributed by atoms with Crippen LogP contribution in [0.25, 0.3) is 11.4 Å². The van der Waals surface area contributed by atoms with Gasteiger partial charge in [0, 0.05) is 17.3 Å². The Bertz CT molecular complexity index is 567. The minimum absolute atomic E-state index is 0.293. The van der Waals surface area contributed by atoms with Crippen molar-refractivity contribution < 1.29 is 4.39 Å². The first-order valence-electron chi connectivity index (χ1n) is 6.00. The van der Waals surface area contributed by atoms with Gasteiger partial charge in [0.1, 0.15) is 11.6 Å². The van der Waals surface area contributed by atoms with E-state index in [0.717, 1.165) is 24.1 Å². The van der Waals surface area contributed by atoms with Crippen molar-refractivity contribution in [3.63, 3.8) is 0 Å². The Kier molecular flexibility index (Phi) is 3.55. The fourth-order valence-electron chi connectivity index (χ4n) is 1.86. The number of nitrogen functional groups attached to an aromatic ring is 1. The van der Waals surface area contributed by atoms with Crippen molar-refractivity contribution in [2.45, 2.75) is 26.7 Å². The van der Waals surface area contributed by atoms with Crippen molar-refractivity contribution in [2.75, 3.05) is 5.73 Å². The average Bonchev–Trinajstić information content (AvgIpc) is 2.32. The molecule has 0 unspecified atom stereocenters. The van der Waals surface area contributed by atoms with Gasteiger partial charge in [0.05, 0.1) is 0 Å². The van der Waals surface area contributed by atoms with Crippen LogP contribution in [0.2, 0.25) is 0 Å². The Morgan fingerprint density at radius 1 is 1.22 bits per heavy atom. The molecular weight excluding hydrogens is 229 g/mol. The molecule has 0 amide bonds. The molecular formula is C14H16FN3. The van der Waals surface area contributed by atoms with E-state index >= 15 is 0 Å². The third-order valence-corrected chi connectivity index (χ3v) is 2.75. The molecule has 0 radical (unpaired) electrons. The number of hydrogen-bond donors (Lipinski definition) is 1. The van der Waals surface area contributed by atoms with Gasteiger partial charge in [0.25, 0.3) is 0 Å². The van der Waals surface area contributed by atoms with Gasteiger partial charge in [0.2, 0.25) is 0 Å². The van der Waals surface area contributed by atoms with Gasteiger partial charge in [-0.25, -0.2) is 14.4 Å². The Morgan fingerprint density at radius 3 is 2.72 bits per heavy atom. The monoisotopic (exact) mass is 245 g/mol. The predicted octanol–water partition coefficient (Wildman–Crippen LogP) is 3.13. The number of hydrogen-bond acceptors (Lipinski definition) is 3. The molecule has 2 rings (SSSR count). The van der Waals surface area contributed by atoms with Crippen molar-refractivity contribution in [1.82, 2.24) is 9.97 Å². The molecule has 1 aromatic heterocycles. The number of nitrogens with two attached hydrogens (primary N) is 1. The zero-order valence-corrected chi connectivity index (χ0v) is 10.6. The molecule has 0 aliphatic heterocycles. The fourth-order valence-corrected chi connectivity index (χ4v) is 1.86. The van der Waals surface area contributed by atoms with Gasteiger partial charge in [0.15, 0.2) is 5.82 Å². The minimum atomic E-state index is -0.293. The van der Waals surface area contributed by atoms with E-state index < -0.39 is 0 Å². The van der Waals surface area contributed by atoms with Gasteiger partial charge >= 0.3 is 0 Å². The summed E-state index contributed by atoms with van der Waals surface area (Å²) in [5, 5.41) is 0. The quantitative estimate of drug-likeness (QED) is 0.903. The molecule has 0 atom stereocenters. The lowest BCUT2D eigenvalue weighted by molar-refractivity contribution is 0.627. The highest BCUT2D eigenvalue weighted by Gasteiger charge is 2.09. The van der Waals surface area contributed by atoms with E-state index in [-0.39, 0.29) is 5.82 Å². The topological polar surface area (TPSA) is 51.8 Å². The largest absolute Gasteiger partial charge is 0.384 e. The third-order valence-electron chi connectivity index (χ3n) is 2.75. The summed E-state index contributed by atoms with van der Waals surface area (Å²) in [5.74, 6) is 0.626. The summed E-state index contributed by atoms with van der Waals surface area (Å²) in [7, 11) is 0. The summed E-state index contributed by atoms with van der Waals surface area (Å²) >= 11 is 0. The number of benzene rings is 1. The maximum atomic E-state index is 13.3. The van der Waals surface area contributed by atoms with Crippen molar-refractivity contribution in [3.05, 3.63) is 41.3 Å². The number of aryl methyl sites for hydroxylation is 2. The first kappa shape index (κ1) is 12.5. The predicted molar refractivity (Wildman–Crippen MR) is 70.6 cm³/mol. The fraction of sp³-hybridized carbons (Fsp3) is 0.286. The lowest BCUT2D eigenvalue weighted by Crippen LogP contribution is -2.01. The number of nitrogens with zero attached hydrogens (tertiary/aromatic N) is 2. The van der Waals surface area contributed by atoms with Crippen LogP contribution in [0.3, 0.4) is 0 Å². The van der Waals surface area contributed by atoms with Gasteiger partial charge in [-0.15, -0.1) is 0 Å². The lowest BCUT2D eigenvalue weighted by atomic mass is 10.1. The van der Waals surface area contributed by atoms with Crippen LogP contribution < -0.4 is 5.73 Å². The number of aromatic nitrogens is 2. The van der Waals surface area contributed by atoms with Crippen LogP contribution >= 0.6 is 0 Å². The van der Waals surface area contributed by atoms with E-state index in [2.05, 4.69) is 16.9 Å². The van der Waals surface area contributed by atoms with E-state index in [1.807, 2.05) is 6.92 Å². The van der Waals surface area contributed by atoms with Gasteiger partial charge in [-0.1, -0.05) is 19.4 Å². The minimum Gasteiger partial charge on any atom is -0.384 e. The molecule has 0 saturated carbocycles. The molecule has 0 spiro atoms. The molecule has 1 aromatic carbocycles. The second-order valence-electron chi connectivity index (χ2n) is 4.32. The van der Waals surface area contributed by atoms with Crippen molar-refractivity contribution in [3.8, 4) is 11.4 Å². The van der Waals surface area contributed by atoms with Crippen LogP contribution in [0.15, 0.2) is 24.3 Å². The van der Waals surface area contributed by atoms with Gasteiger partial charge in [-0.05, 0) is 31.0 Å². The smallest absolute Gasteiger partial charge is 0.162 e. The molecule has 0 bridgehead atoms. The molecule has 3 nitrogen and oxygen atoms in total. The summed E-state index contributed by atoms with van der Waals surface area (Å²) in [5.41, 5.74) is 8.29. The summed E-state index contributed by atoms with van der Waals surface area (Å²) in [6, 6.07) is 6.36. The number of halogens is 1. The van der Waals surface area contributed by atoms with Crippen molar-refractivity contribution in [1.29, 1.82) is 0 Å². The normalized spacial score (nSPS) is 10.6. The third kappa shape index (κ3) is 2.64. The molecule has 0 saturated heterocycles. The number of anilines is 1. The summed E-state index contributed by atoms with van der Waals surface area (Å²) in [6.07, 6.45) is 1.83. The Labute approximate surface area is 106 Å². The molecule has 2 N–H and O–H groups in total. The summed E-state index contributed by atoms with van der Waals surface area (Å²) < 4.78 is 13.3. The molecule has 1 heterocycles. The highest BCUT2D eigenvalue weighted by molar-refractivity contribution is 5.61. The van der Waals surface area contributed by atoms with Crippen LogP contribution in [-0.2, 0) is 6.42 Å². The molecule has 94 valence electrons. The highest BCUT2D eigenvalue weighted by atomic mass is 19.1. The second kappa shape index (κ2) is 5.12. The maximum absolute atomic E-state index is 13.3. The summed E-state index contributed by atoms with van der Waals surface area (Å²) in [4.78, 5) is 8.63. The Balaban J connectivity index is 2.52. The molecule has 0 aliphatic carbocycles. The number of rotatable bonds is 3.